The number of anilines is 2. The molecule has 4 rings (SSSR count). The quantitative estimate of drug-likeness (QED) is 0.893. The first-order chi connectivity index (χ1) is 13.1. The van der Waals surface area contributed by atoms with E-state index in [0.29, 0.717) is 43.6 Å². The normalized spacial score (nSPS) is 15.8. The summed E-state index contributed by atoms with van der Waals surface area (Å²) in [5, 5.41) is 2.73. The van der Waals surface area contributed by atoms with Crippen LogP contribution in [0.2, 0.25) is 0 Å². The standard InChI is InChI=1S/C19H20N4O4/c1-13-4-5-20-17(10-13)21-18(24)12-22-6-7-23(19(22)25)14-2-3-15-16(11-14)27-9-8-26-15/h2-5,10-11H,6-9,12H2,1H3,(H,20,21,24). The van der Waals surface area contributed by atoms with Crippen LogP contribution in [0.15, 0.2) is 36.5 Å². The van der Waals surface area contributed by atoms with Crippen molar-refractivity contribution in [1.82, 2.24) is 9.88 Å². The van der Waals surface area contributed by atoms with Crippen molar-refractivity contribution >= 4 is 23.4 Å². The smallest absolute Gasteiger partial charge is 0.325 e. The van der Waals surface area contributed by atoms with Crippen LogP contribution in [0.4, 0.5) is 16.3 Å². The van der Waals surface area contributed by atoms with Crippen LogP contribution >= 0.6 is 0 Å². The van der Waals surface area contributed by atoms with Gasteiger partial charge in [-0.3, -0.25) is 9.69 Å². The highest BCUT2D eigenvalue weighted by atomic mass is 16.6. The van der Waals surface area contributed by atoms with Gasteiger partial charge in [-0.1, -0.05) is 0 Å². The Labute approximate surface area is 156 Å². The minimum absolute atomic E-state index is 0.0183. The van der Waals surface area contributed by atoms with Gasteiger partial charge >= 0.3 is 6.03 Å². The molecule has 0 spiro atoms. The van der Waals surface area contributed by atoms with Gasteiger partial charge in [0.25, 0.3) is 0 Å². The van der Waals surface area contributed by atoms with E-state index in [1.165, 1.54) is 4.90 Å². The number of nitrogens with one attached hydrogen (secondary N) is 1. The number of aromatic nitrogens is 1. The average molecular weight is 368 g/mol. The monoisotopic (exact) mass is 368 g/mol. The molecule has 0 radical (unpaired) electrons. The van der Waals surface area contributed by atoms with Crippen LogP contribution in [-0.2, 0) is 4.79 Å². The zero-order chi connectivity index (χ0) is 18.8. The number of carbonyl (C=O) groups is 2. The Morgan fingerprint density at radius 2 is 1.96 bits per heavy atom. The topological polar surface area (TPSA) is 84.0 Å². The second-order valence-corrected chi connectivity index (χ2v) is 6.45. The summed E-state index contributed by atoms with van der Waals surface area (Å²) >= 11 is 0. The lowest BCUT2D eigenvalue weighted by Crippen LogP contribution is -2.37. The van der Waals surface area contributed by atoms with Crippen LogP contribution < -0.4 is 19.7 Å². The van der Waals surface area contributed by atoms with Gasteiger partial charge in [0.1, 0.15) is 25.6 Å². The summed E-state index contributed by atoms with van der Waals surface area (Å²) in [6, 6.07) is 8.85. The van der Waals surface area contributed by atoms with Crippen LogP contribution in [0.3, 0.4) is 0 Å². The zero-order valence-corrected chi connectivity index (χ0v) is 15.0. The molecular weight excluding hydrogens is 348 g/mol. The highest BCUT2D eigenvalue weighted by Crippen LogP contribution is 2.34. The molecule has 1 N–H and O–H groups in total. The van der Waals surface area contributed by atoms with E-state index in [1.54, 1.807) is 29.3 Å². The maximum Gasteiger partial charge on any atom is 0.325 e. The van der Waals surface area contributed by atoms with Crippen LogP contribution in [-0.4, -0.2) is 54.7 Å². The summed E-state index contributed by atoms with van der Waals surface area (Å²) in [5.41, 5.74) is 1.73. The molecule has 3 amide bonds. The van der Waals surface area contributed by atoms with Crippen LogP contribution in [0, 0.1) is 6.92 Å². The number of amides is 3. The summed E-state index contributed by atoms with van der Waals surface area (Å²) in [5.74, 6) is 1.52. The maximum absolute atomic E-state index is 12.7. The number of pyridine rings is 1. The van der Waals surface area contributed by atoms with Crippen molar-refractivity contribution in [2.75, 3.05) is 43.1 Å². The van der Waals surface area contributed by atoms with E-state index >= 15 is 0 Å². The molecule has 3 heterocycles. The Morgan fingerprint density at radius 1 is 1.15 bits per heavy atom. The third-order valence-electron chi connectivity index (χ3n) is 4.45. The molecule has 0 aliphatic carbocycles. The second-order valence-electron chi connectivity index (χ2n) is 6.45. The van der Waals surface area contributed by atoms with Gasteiger partial charge in [-0.05, 0) is 36.8 Å². The van der Waals surface area contributed by atoms with Gasteiger partial charge in [0.2, 0.25) is 5.91 Å². The van der Waals surface area contributed by atoms with E-state index in [2.05, 4.69) is 10.3 Å². The van der Waals surface area contributed by atoms with Gasteiger partial charge in [0.15, 0.2) is 11.5 Å². The number of fused-ring (bicyclic) bond motifs is 1. The van der Waals surface area contributed by atoms with Gasteiger partial charge in [-0.2, -0.15) is 0 Å². The fourth-order valence-electron chi connectivity index (χ4n) is 3.13. The van der Waals surface area contributed by atoms with Crippen LogP contribution in [0.5, 0.6) is 11.5 Å². The number of urea groups is 1. The fourth-order valence-corrected chi connectivity index (χ4v) is 3.13. The van der Waals surface area contributed by atoms with Gasteiger partial charge in [-0.25, -0.2) is 9.78 Å². The van der Waals surface area contributed by atoms with Crippen molar-refractivity contribution in [2.45, 2.75) is 6.92 Å². The number of ether oxygens (including phenoxy) is 2. The Morgan fingerprint density at radius 3 is 2.78 bits per heavy atom. The molecule has 0 saturated carbocycles. The van der Waals surface area contributed by atoms with Crippen molar-refractivity contribution in [2.24, 2.45) is 0 Å². The first-order valence-corrected chi connectivity index (χ1v) is 8.79. The second kappa shape index (κ2) is 7.14. The Hall–Kier alpha value is -3.29. The summed E-state index contributed by atoms with van der Waals surface area (Å²) in [6.07, 6.45) is 1.63. The molecule has 140 valence electrons. The largest absolute Gasteiger partial charge is 0.486 e. The van der Waals surface area contributed by atoms with Crippen LogP contribution in [0.1, 0.15) is 5.56 Å². The number of nitrogens with zero attached hydrogens (tertiary/aromatic N) is 3. The van der Waals surface area contributed by atoms with Crippen molar-refractivity contribution < 1.29 is 19.1 Å². The van der Waals surface area contributed by atoms with Gasteiger partial charge < -0.3 is 19.7 Å². The molecule has 0 unspecified atom stereocenters. The lowest BCUT2D eigenvalue weighted by atomic mass is 10.2. The summed E-state index contributed by atoms with van der Waals surface area (Å²) in [6.45, 7) is 3.90. The maximum atomic E-state index is 12.7. The predicted octanol–water partition coefficient (Wildman–Crippen LogP) is 2.04. The SMILES string of the molecule is Cc1ccnc(NC(=O)CN2CCN(c3ccc4c(c3)OCCO4)C2=O)c1. The number of aryl methyl sites for hydroxylation is 1. The molecule has 8 heteroatoms. The number of benzene rings is 1. The fraction of sp³-hybridized carbons (Fsp3) is 0.316. The Kier molecular flexibility index (Phi) is 4.53. The van der Waals surface area contributed by atoms with Gasteiger partial charge in [0.05, 0.1) is 0 Å². The molecule has 1 aromatic carbocycles. The van der Waals surface area contributed by atoms with Crippen molar-refractivity contribution in [3.05, 3.63) is 42.1 Å². The lowest BCUT2D eigenvalue weighted by Gasteiger charge is -2.22. The first kappa shape index (κ1) is 17.1. The molecule has 2 aliphatic heterocycles. The molecule has 0 bridgehead atoms. The minimum atomic E-state index is -0.273. The first-order valence-electron chi connectivity index (χ1n) is 8.79. The molecule has 1 aromatic heterocycles. The molecule has 2 aliphatic rings. The zero-order valence-electron chi connectivity index (χ0n) is 15.0. The van der Waals surface area contributed by atoms with E-state index in [9.17, 15) is 9.59 Å². The minimum Gasteiger partial charge on any atom is -0.486 e. The van der Waals surface area contributed by atoms with E-state index < -0.39 is 0 Å². The summed E-state index contributed by atoms with van der Waals surface area (Å²) < 4.78 is 11.1. The molecule has 27 heavy (non-hydrogen) atoms. The Bertz CT molecular complexity index is 886. The molecule has 2 aromatic rings. The number of rotatable bonds is 4. The van der Waals surface area contributed by atoms with Gasteiger partial charge in [0, 0.05) is 31.0 Å². The summed E-state index contributed by atoms with van der Waals surface area (Å²) in [4.78, 5) is 32.2. The van der Waals surface area contributed by atoms with Crippen molar-refractivity contribution in [3.63, 3.8) is 0 Å². The molecule has 0 atom stereocenters. The molecule has 1 fully saturated rings. The van der Waals surface area contributed by atoms with E-state index in [4.69, 9.17) is 9.47 Å². The molecule has 1 saturated heterocycles. The number of hydrogen-bond donors (Lipinski definition) is 1. The molecular formula is C19H20N4O4. The third-order valence-corrected chi connectivity index (χ3v) is 4.45. The van der Waals surface area contributed by atoms with E-state index in [1.807, 2.05) is 19.1 Å². The highest BCUT2D eigenvalue weighted by molar-refractivity contribution is 5.99. The predicted molar refractivity (Wildman–Crippen MR) is 99.4 cm³/mol. The average Bonchev–Trinajstić information content (AvgIpc) is 3.01. The number of hydrogen-bond acceptors (Lipinski definition) is 5. The Balaban J connectivity index is 1.40. The highest BCUT2D eigenvalue weighted by Gasteiger charge is 2.31. The van der Waals surface area contributed by atoms with E-state index in [0.717, 1.165) is 11.3 Å². The van der Waals surface area contributed by atoms with Gasteiger partial charge in [-0.15, -0.1) is 0 Å². The van der Waals surface area contributed by atoms with E-state index in [-0.39, 0.29) is 18.5 Å². The van der Waals surface area contributed by atoms with Crippen LogP contribution in [0.25, 0.3) is 0 Å². The summed E-state index contributed by atoms with van der Waals surface area (Å²) in [7, 11) is 0. The lowest BCUT2D eigenvalue weighted by molar-refractivity contribution is -0.116. The number of carbonyl (C=O) groups excluding carboxylic acids is 2. The van der Waals surface area contributed by atoms with Crippen molar-refractivity contribution in [1.29, 1.82) is 0 Å². The molecule has 8 nitrogen and oxygen atoms in total. The van der Waals surface area contributed by atoms with Crippen molar-refractivity contribution in [3.8, 4) is 11.5 Å². The third kappa shape index (κ3) is 3.64.